The van der Waals surface area contributed by atoms with E-state index < -0.39 is 0 Å². The number of aromatic nitrogens is 2. The summed E-state index contributed by atoms with van der Waals surface area (Å²) in [6.07, 6.45) is 5.64. The van der Waals surface area contributed by atoms with Gasteiger partial charge < -0.3 is 15.0 Å². The van der Waals surface area contributed by atoms with E-state index in [9.17, 15) is 9.90 Å². The summed E-state index contributed by atoms with van der Waals surface area (Å²) < 4.78 is 2.35. The van der Waals surface area contributed by atoms with Gasteiger partial charge >= 0.3 is 0 Å². The molecule has 1 aromatic carbocycles. The summed E-state index contributed by atoms with van der Waals surface area (Å²) in [6.45, 7) is 4.36. The number of thioether (sulfide) groups is 1. The van der Waals surface area contributed by atoms with Crippen molar-refractivity contribution < 1.29 is 9.90 Å². The molecule has 0 radical (unpaired) electrons. The van der Waals surface area contributed by atoms with E-state index in [-0.39, 0.29) is 18.6 Å². The van der Waals surface area contributed by atoms with Gasteiger partial charge in [0.1, 0.15) is 5.82 Å². The fourth-order valence-electron chi connectivity index (χ4n) is 3.78. The molecule has 1 amide bonds. The molecule has 0 fully saturated rings. The molecule has 162 valence electrons. The smallest absolute Gasteiger partial charge is 0.251 e. The van der Waals surface area contributed by atoms with Gasteiger partial charge in [0.2, 0.25) is 0 Å². The first kappa shape index (κ1) is 22.8. The number of aliphatic hydroxyl groups excluding tert-OH is 1. The van der Waals surface area contributed by atoms with Gasteiger partial charge in [0.05, 0.1) is 23.7 Å². The predicted octanol–water partition coefficient (Wildman–Crippen LogP) is 4.89. The Kier molecular flexibility index (Phi) is 8.36. The number of imidazole rings is 1. The van der Waals surface area contributed by atoms with Crippen LogP contribution in [0.1, 0.15) is 60.2 Å². The minimum Gasteiger partial charge on any atom is -0.394 e. The van der Waals surface area contributed by atoms with Crippen LogP contribution in [0.5, 0.6) is 0 Å². The minimum absolute atomic E-state index is 0.0528. The molecule has 0 aliphatic heterocycles. The number of benzene rings is 1. The van der Waals surface area contributed by atoms with E-state index in [1.807, 2.05) is 24.5 Å². The van der Waals surface area contributed by atoms with Crippen molar-refractivity contribution in [1.29, 1.82) is 0 Å². The van der Waals surface area contributed by atoms with Gasteiger partial charge in [-0.15, -0.1) is 11.3 Å². The second-order valence-corrected chi connectivity index (χ2v) is 9.48. The Bertz CT molecular complexity index is 949. The average Bonchev–Trinajstić information content (AvgIpc) is 3.39. The highest BCUT2D eigenvalue weighted by Gasteiger charge is 2.19. The number of aliphatic hydroxyl groups is 1. The highest BCUT2D eigenvalue weighted by molar-refractivity contribution is 7.98. The van der Waals surface area contributed by atoms with Gasteiger partial charge in [-0.05, 0) is 60.9 Å². The van der Waals surface area contributed by atoms with Crippen molar-refractivity contribution >= 4 is 40.0 Å². The van der Waals surface area contributed by atoms with E-state index in [2.05, 4.69) is 41.2 Å². The second kappa shape index (κ2) is 11.0. The second-order valence-electron chi connectivity index (χ2n) is 7.46. The first-order valence-electron chi connectivity index (χ1n) is 10.5. The molecule has 0 saturated carbocycles. The zero-order valence-electron chi connectivity index (χ0n) is 17.9. The van der Waals surface area contributed by atoms with Crippen molar-refractivity contribution in [3.63, 3.8) is 0 Å². The number of nitrogens with zero attached hydrogens (tertiary/aromatic N) is 2. The van der Waals surface area contributed by atoms with Gasteiger partial charge in [0.15, 0.2) is 0 Å². The van der Waals surface area contributed by atoms with Crippen LogP contribution in [-0.2, 0) is 6.42 Å². The van der Waals surface area contributed by atoms with Crippen molar-refractivity contribution in [2.24, 2.45) is 0 Å². The molecule has 0 aliphatic rings. The summed E-state index contributed by atoms with van der Waals surface area (Å²) >= 11 is 3.45. The maximum absolute atomic E-state index is 12.8. The molecule has 7 heteroatoms. The third kappa shape index (κ3) is 5.25. The van der Waals surface area contributed by atoms with Crippen LogP contribution < -0.4 is 5.32 Å². The monoisotopic (exact) mass is 445 g/mol. The Morgan fingerprint density at radius 1 is 1.30 bits per heavy atom. The molecule has 0 aliphatic carbocycles. The number of nitrogens with one attached hydrogen (secondary N) is 1. The van der Waals surface area contributed by atoms with Crippen molar-refractivity contribution in [3.05, 3.63) is 52.0 Å². The average molecular weight is 446 g/mol. The number of fused-ring (bicyclic) bond motifs is 1. The Balaban J connectivity index is 1.92. The summed E-state index contributed by atoms with van der Waals surface area (Å²) in [4.78, 5) is 19.0. The maximum Gasteiger partial charge on any atom is 0.251 e. The Hall–Kier alpha value is -1.83. The predicted molar refractivity (Wildman–Crippen MR) is 128 cm³/mol. The van der Waals surface area contributed by atoms with Crippen LogP contribution in [-0.4, -0.2) is 45.2 Å². The fraction of sp³-hybridized carbons (Fsp3) is 0.478. The van der Waals surface area contributed by atoms with E-state index in [1.54, 1.807) is 23.1 Å². The zero-order chi connectivity index (χ0) is 21.5. The Labute approximate surface area is 186 Å². The molecule has 0 bridgehead atoms. The van der Waals surface area contributed by atoms with Crippen molar-refractivity contribution in [2.45, 2.75) is 51.6 Å². The van der Waals surface area contributed by atoms with Gasteiger partial charge in [-0.25, -0.2) is 4.98 Å². The van der Waals surface area contributed by atoms with Crippen molar-refractivity contribution in [1.82, 2.24) is 14.9 Å². The molecule has 1 atom stereocenters. The van der Waals surface area contributed by atoms with Gasteiger partial charge in [-0.2, -0.15) is 11.8 Å². The number of rotatable bonds is 11. The van der Waals surface area contributed by atoms with Crippen LogP contribution >= 0.6 is 23.1 Å². The van der Waals surface area contributed by atoms with Crippen LogP contribution in [0, 0.1) is 0 Å². The quantitative estimate of drug-likeness (QED) is 0.441. The molecular formula is C23H31N3O2S2. The molecule has 30 heavy (non-hydrogen) atoms. The normalized spacial score (nSPS) is 12.6. The number of thiophene rings is 1. The number of hydrogen-bond donors (Lipinski definition) is 2. The summed E-state index contributed by atoms with van der Waals surface area (Å²) in [5.74, 6) is 1.79. The first-order chi connectivity index (χ1) is 14.6. The standard InChI is InChI=1S/C23H31N3O2S2/c1-4-18(5-2)26-21-9-8-16(23(28)24-17(15-27)10-12-29-3)13-20(21)25-22(26)14-19-7-6-11-30-19/h6-9,11,13,17-18,27H,4-5,10,12,14-15H2,1-3H3,(H,24,28)/t17-/m0/s1. The molecule has 0 saturated heterocycles. The molecule has 2 N–H and O–H groups in total. The maximum atomic E-state index is 12.8. The Morgan fingerprint density at radius 3 is 2.73 bits per heavy atom. The SMILES string of the molecule is CCC(CC)n1c(Cc2cccs2)nc2cc(C(=O)N[C@H](CO)CCSC)ccc21. The van der Waals surface area contributed by atoms with E-state index in [0.717, 1.165) is 48.3 Å². The van der Waals surface area contributed by atoms with Crippen LogP contribution in [0.3, 0.4) is 0 Å². The molecular weight excluding hydrogens is 414 g/mol. The number of hydrogen-bond acceptors (Lipinski definition) is 5. The summed E-state index contributed by atoms with van der Waals surface area (Å²) in [5.41, 5.74) is 2.51. The molecule has 2 heterocycles. The minimum atomic E-state index is -0.225. The number of carbonyl (C=O) groups is 1. The third-order valence-corrected chi connectivity index (χ3v) is 6.99. The third-order valence-electron chi connectivity index (χ3n) is 5.47. The molecule has 3 aromatic rings. The van der Waals surface area contributed by atoms with Gasteiger partial charge in [-0.1, -0.05) is 19.9 Å². The molecule has 5 nitrogen and oxygen atoms in total. The van der Waals surface area contributed by atoms with Crippen molar-refractivity contribution in [2.75, 3.05) is 18.6 Å². The lowest BCUT2D eigenvalue weighted by molar-refractivity contribution is 0.0915. The molecule has 3 rings (SSSR count). The lowest BCUT2D eigenvalue weighted by Crippen LogP contribution is -2.37. The summed E-state index contributed by atoms with van der Waals surface area (Å²) in [7, 11) is 0. The Morgan fingerprint density at radius 2 is 2.10 bits per heavy atom. The molecule has 0 unspecified atom stereocenters. The van der Waals surface area contributed by atoms with Crippen LogP contribution in [0.4, 0.5) is 0 Å². The summed E-state index contributed by atoms with van der Waals surface area (Å²) in [5, 5.41) is 14.6. The number of amides is 1. The van der Waals surface area contributed by atoms with E-state index in [1.165, 1.54) is 4.88 Å². The van der Waals surface area contributed by atoms with Crippen LogP contribution in [0.25, 0.3) is 11.0 Å². The largest absolute Gasteiger partial charge is 0.394 e. The van der Waals surface area contributed by atoms with Gasteiger partial charge in [0, 0.05) is 22.9 Å². The van der Waals surface area contributed by atoms with Gasteiger partial charge in [-0.3, -0.25) is 4.79 Å². The summed E-state index contributed by atoms with van der Waals surface area (Å²) in [6, 6.07) is 10.1. The highest BCUT2D eigenvalue weighted by atomic mass is 32.2. The molecule has 2 aromatic heterocycles. The van der Waals surface area contributed by atoms with E-state index in [0.29, 0.717) is 11.6 Å². The zero-order valence-corrected chi connectivity index (χ0v) is 19.6. The highest BCUT2D eigenvalue weighted by Crippen LogP contribution is 2.28. The lowest BCUT2D eigenvalue weighted by atomic mass is 10.1. The van der Waals surface area contributed by atoms with Crippen LogP contribution in [0.2, 0.25) is 0 Å². The molecule has 0 spiro atoms. The first-order valence-corrected chi connectivity index (χ1v) is 12.8. The lowest BCUT2D eigenvalue weighted by Gasteiger charge is -2.19. The topological polar surface area (TPSA) is 67.2 Å². The van der Waals surface area contributed by atoms with E-state index in [4.69, 9.17) is 4.98 Å². The van der Waals surface area contributed by atoms with Crippen LogP contribution in [0.15, 0.2) is 35.7 Å². The van der Waals surface area contributed by atoms with Gasteiger partial charge in [0.25, 0.3) is 5.91 Å². The van der Waals surface area contributed by atoms with Crippen molar-refractivity contribution in [3.8, 4) is 0 Å². The van der Waals surface area contributed by atoms with E-state index >= 15 is 0 Å². The number of carbonyl (C=O) groups excluding carboxylic acids is 1. The fourth-order valence-corrected chi connectivity index (χ4v) is 5.00.